The molecule has 0 aliphatic carbocycles. The van der Waals surface area contributed by atoms with Gasteiger partial charge in [0.05, 0.1) is 0 Å². The van der Waals surface area contributed by atoms with E-state index in [2.05, 4.69) is 89.4 Å². The Labute approximate surface area is 171 Å². The van der Waals surface area contributed by atoms with Gasteiger partial charge < -0.3 is 0 Å². The van der Waals surface area contributed by atoms with Crippen molar-refractivity contribution in [3.63, 3.8) is 0 Å². The van der Waals surface area contributed by atoms with Gasteiger partial charge in [0.25, 0.3) is 0 Å². The number of rotatable bonds is 10. The average molecular weight is 380 g/mol. The van der Waals surface area contributed by atoms with Gasteiger partial charge in [0.2, 0.25) is 0 Å². The molecule has 1 unspecified atom stereocenters. The average Bonchev–Trinajstić information content (AvgIpc) is 2.76. The molecule has 0 N–H and O–H groups in total. The Balaban J connectivity index is 1.58. The highest BCUT2D eigenvalue weighted by molar-refractivity contribution is 5.17. The van der Waals surface area contributed by atoms with E-state index in [1.807, 2.05) is 0 Å². The van der Waals surface area contributed by atoms with Crippen molar-refractivity contribution in [2.45, 2.75) is 45.6 Å². The molecular weight excluding hydrogens is 342 g/mol. The molecule has 0 bridgehead atoms. The summed E-state index contributed by atoms with van der Waals surface area (Å²) >= 11 is 0. The lowest BCUT2D eigenvalue weighted by atomic mass is 9.97. The van der Waals surface area contributed by atoms with Crippen molar-refractivity contribution in [3.05, 3.63) is 71.8 Å². The van der Waals surface area contributed by atoms with Crippen LogP contribution < -0.4 is 0 Å². The van der Waals surface area contributed by atoms with Crippen molar-refractivity contribution < 1.29 is 0 Å². The van der Waals surface area contributed by atoms with E-state index in [0.717, 1.165) is 26.2 Å². The highest BCUT2D eigenvalue weighted by Crippen LogP contribution is 2.18. The molecule has 0 radical (unpaired) electrons. The number of hydrazine groups is 1. The monoisotopic (exact) mass is 379 g/mol. The Morgan fingerprint density at radius 1 is 0.786 bits per heavy atom. The zero-order chi connectivity index (χ0) is 19.6. The van der Waals surface area contributed by atoms with Crippen molar-refractivity contribution in [1.82, 2.24) is 14.9 Å². The fourth-order valence-corrected chi connectivity index (χ4v) is 4.47. The van der Waals surface area contributed by atoms with Gasteiger partial charge in [-0.05, 0) is 36.8 Å². The van der Waals surface area contributed by atoms with Gasteiger partial charge in [-0.2, -0.15) is 0 Å². The van der Waals surface area contributed by atoms with E-state index >= 15 is 0 Å². The van der Waals surface area contributed by atoms with Gasteiger partial charge in [-0.15, -0.1) is 0 Å². The molecule has 0 spiro atoms. The summed E-state index contributed by atoms with van der Waals surface area (Å²) < 4.78 is 0. The van der Waals surface area contributed by atoms with Crippen LogP contribution in [0.3, 0.4) is 0 Å². The minimum Gasteiger partial charge on any atom is -0.297 e. The molecule has 152 valence electrons. The molecule has 3 nitrogen and oxygen atoms in total. The van der Waals surface area contributed by atoms with Gasteiger partial charge in [0.1, 0.15) is 0 Å². The third kappa shape index (κ3) is 6.16. The zero-order valence-electron chi connectivity index (χ0n) is 17.8. The molecule has 1 fully saturated rings. The Hall–Kier alpha value is -1.68. The second-order valence-electron chi connectivity index (χ2n) is 7.85. The van der Waals surface area contributed by atoms with Gasteiger partial charge in [0.15, 0.2) is 0 Å². The van der Waals surface area contributed by atoms with Crippen LogP contribution in [0.2, 0.25) is 0 Å². The van der Waals surface area contributed by atoms with Gasteiger partial charge in [-0.3, -0.25) is 4.90 Å². The quantitative estimate of drug-likeness (QED) is 0.602. The standard InChI is InChI=1S/C25H37N3/c1-3-27(4-2)28-20-18-26(19-21-28)25(22-24-14-9-6-10-15-24)17-11-16-23-12-7-5-8-13-23/h5-10,12-15,25H,3-4,11,16-22H2,1-2H3. The van der Waals surface area contributed by atoms with Gasteiger partial charge in [0, 0.05) is 45.3 Å². The van der Waals surface area contributed by atoms with Crippen molar-refractivity contribution in [1.29, 1.82) is 0 Å². The van der Waals surface area contributed by atoms with Crippen LogP contribution in [0.1, 0.15) is 37.8 Å². The van der Waals surface area contributed by atoms with Crippen molar-refractivity contribution in [2.24, 2.45) is 0 Å². The van der Waals surface area contributed by atoms with E-state index in [1.165, 1.54) is 49.9 Å². The summed E-state index contributed by atoms with van der Waals surface area (Å²) in [4.78, 5) is 2.75. The largest absolute Gasteiger partial charge is 0.297 e. The fourth-order valence-electron chi connectivity index (χ4n) is 4.47. The van der Waals surface area contributed by atoms with Crippen molar-refractivity contribution >= 4 is 0 Å². The number of aryl methyl sites for hydroxylation is 1. The second-order valence-corrected chi connectivity index (χ2v) is 7.85. The lowest BCUT2D eigenvalue weighted by Crippen LogP contribution is -2.56. The molecule has 28 heavy (non-hydrogen) atoms. The van der Waals surface area contributed by atoms with Crippen LogP contribution in [0.4, 0.5) is 0 Å². The molecule has 1 saturated heterocycles. The molecule has 0 aromatic heterocycles. The molecular formula is C25H37N3. The third-order valence-electron chi connectivity index (χ3n) is 6.10. The molecule has 2 aromatic carbocycles. The first kappa shape index (κ1) is 21.0. The molecule has 2 aromatic rings. The van der Waals surface area contributed by atoms with Crippen molar-refractivity contribution in [2.75, 3.05) is 39.3 Å². The molecule has 0 amide bonds. The molecule has 0 saturated carbocycles. The lowest BCUT2D eigenvalue weighted by Gasteiger charge is -2.43. The Kier molecular flexibility index (Phi) is 8.53. The second kappa shape index (κ2) is 11.4. The van der Waals surface area contributed by atoms with Crippen LogP contribution in [0.15, 0.2) is 60.7 Å². The summed E-state index contributed by atoms with van der Waals surface area (Å²) in [7, 11) is 0. The van der Waals surface area contributed by atoms with Gasteiger partial charge in [-0.25, -0.2) is 10.0 Å². The SMILES string of the molecule is CCN(CC)N1CCN(C(CCCc2ccccc2)Cc2ccccc2)CC1. The van der Waals surface area contributed by atoms with E-state index < -0.39 is 0 Å². The molecule has 1 aliphatic heterocycles. The minimum absolute atomic E-state index is 0.643. The number of piperazine rings is 1. The fraction of sp³-hybridized carbons (Fsp3) is 0.520. The first-order valence-corrected chi connectivity index (χ1v) is 11.1. The zero-order valence-corrected chi connectivity index (χ0v) is 17.8. The normalized spacial score (nSPS) is 17.1. The Bertz CT molecular complexity index is 646. The van der Waals surface area contributed by atoms with E-state index in [0.29, 0.717) is 6.04 Å². The van der Waals surface area contributed by atoms with Crippen LogP contribution >= 0.6 is 0 Å². The maximum absolute atomic E-state index is 2.75. The molecule has 3 heteroatoms. The number of nitrogens with zero attached hydrogens (tertiary/aromatic N) is 3. The third-order valence-corrected chi connectivity index (χ3v) is 6.10. The molecule has 1 atom stereocenters. The van der Waals surface area contributed by atoms with Gasteiger partial charge >= 0.3 is 0 Å². The molecule has 1 heterocycles. The van der Waals surface area contributed by atoms with Crippen LogP contribution in [0, 0.1) is 0 Å². The summed E-state index contributed by atoms with van der Waals surface area (Å²) in [6, 6.07) is 22.6. The summed E-state index contributed by atoms with van der Waals surface area (Å²) in [5.74, 6) is 0. The topological polar surface area (TPSA) is 9.72 Å². The van der Waals surface area contributed by atoms with E-state index in [4.69, 9.17) is 0 Å². The number of benzene rings is 2. The highest BCUT2D eigenvalue weighted by atomic mass is 15.6. The van der Waals surface area contributed by atoms with Crippen LogP contribution in [-0.2, 0) is 12.8 Å². The van der Waals surface area contributed by atoms with E-state index in [1.54, 1.807) is 0 Å². The van der Waals surface area contributed by atoms with Crippen molar-refractivity contribution in [3.8, 4) is 0 Å². The van der Waals surface area contributed by atoms with Gasteiger partial charge in [-0.1, -0.05) is 74.5 Å². The maximum Gasteiger partial charge on any atom is 0.0261 e. The maximum atomic E-state index is 2.75. The smallest absolute Gasteiger partial charge is 0.0261 e. The summed E-state index contributed by atoms with van der Waals surface area (Å²) in [6.45, 7) is 11.4. The van der Waals surface area contributed by atoms with Crippen LogP contribution in [-0.4, -0.2) is 60.2 Å². The summed E-state index contributed by atoms with van der Waals surface area (Å²) in [5, 5.41) is 5.04. The van der Waals surface area contributed by atoms with Crippen LogP contribution in [0.5, 0.6) is 0 Å². The number of hydrogen-bond donors (Lipinski definition) is 0. The predicted octanol–water partition coefficient (Wildman–Crippen LogP) is 4.50. The number of hydrogen-bond acceptors (Lipinski definition) is 3. The Morgan fingerprint density at radius 2 is 1.36 bits per heavy atom. The van der Waals surface area contributed by atoms with E-state index in [-0.39, 0.29) is 0 Å². The van der Waals surface area contributed by atoms with Crippen LogP contribution in [0.25, 0.3) is 0 Å². The minimum atomic E-state index is 0.643. The summed E-state index contributed by atoms with van der Waals surface area (Å²) in [6.07, 6.45) is 4.89. The molecule has 3 rings (SSSR count). The Morgan fingerprint density at radius 3 is 1.93 bits per heavy atom. The van der Waals surface area contributed by atoms with E-state index in [9.17, 15) is 0 Å². The summed E-state index contributed by atoms with van der Waals surface area (Å²) in [5.41, 5.74) is 2.94. The first-order valence-electron chi connectivity index (χ1n) is 11.1. The highest BCUT2D eigenvalue weighted by Gasteiger charge is 2.25. The lowest BCUT2D eigenvalue weighted by molar-refractivity contribution is -0.0584. The molecule has 1 aliphatic rings. The predicted molar refractivity (Wildman–Crippen MR) is 119 cm³/mol. The first-order chi connectivity index (χ1) is 13.8.